The molecule has 0 rings (SSSR count). The van der Waals surface area contributed by atoms with E-state index in [0.29, 0.717) is 0 Å². The van der Waals surface area contributed by atoms with Gasteiger partial charge in [0.1, 0.15) is 0 Å². The van der Waals surface area contributed by atoms with E-state index < -0.39 is 10.3 Å². The largest absolute Gasteiger partial charge is 1.00 e. The van der Waals surface area contributed by atoms with E-state index in [4.69, 9.17) is 17.9 Å². The number of rotatable bonds is 1. The molecule has 0 bridgehead atoms. The van der Waals surface area contributed by atoms with Crippen LogP contribution in [-0.4, -0.2) is 13.0 Å². The van der Waals surface area contributed by atoms with Gasteiger partial charge in [-0.3, -0.25) is 0 Å². The Morgan fingerprint density at radius 2 is 1.57 bits per heavy atom. The van der Waals surface area contributed by atoms with Crippen molar-refractivity contribution < 1.29 is 42.5 Å². The molecule has 36 valence electrons. The summed E-state index contributed by atoms with van der Waals surface area (Å²) in [5, 5.41) is 0. The quantitative estimate of drug-likeness (QED) is 0.208. The molecule has 0 fully saturated rings. The summed E-state index contributed by atoms with van der Waals surface area (Å²) in [6, 6.07) is 0. The van der Waals surface area contributed by atoms with Crippen molar-refractivity contribution in [3.05, 3.63) is 4.91 Å². The fourth-order valence-electron chi connectivity index (χ4n) is 0. The Balaban J connectivity index is 0. The first kappa shape index (κ1) is 10.5. The molecule has 0 atom stereocenters. The van der Waals surface area contributed by atoms with Gasteiger partial charge in [-0.25, -0.2) is 8.42 Å². The van der Waals surface area contributed by atoms with E-state index in [0.717, 1.165) is 0 Å². The van der Waals surface area contributed by atoms with Gasteiger partial charge >= 0.3 is 29.6 Å². The van der Waals surface area contributed by atoms with Gasteiger partial charge < -0.3 is 4.55 Å². The summed E-state index contributed by atoms with van der Waals surface area (Å²) >= 11 is 0. The summed E-state index contributed by atoms with van der Waals surface area (Å²) in [5.41, 5.74) is 0. The van der Waals surface area contributed by atoms with E-state index in [9.17, 15) is 0 Å². The van der Waals surface area contributed by atoms with Crippen molar-refractivity contribution in [3.63, 3.8) is 0 Å². The minimum absolute atomic E-state index is 0. The summed E-state index contributed by atoms with van der Waals surface area (Å²) in [6.07, 6.45) is 0. The van der Waals surface area contributed by atoms with Crippen LogP contribution in [0, 0.1) is 4.91 Å². The molecule has 0 heterocycles. The number of hydrogen-bond donors (Lipinski definition) is 0. The third-order valence-electron chi connectivity index (χ3n) is 0.0913. The summed E-state index contributed by atoms with van der Waals surface area (Å²) in [7, 11) is -4.84. The molecule has 7 heavy (non-hydrogen) atoms. The molecule has 0 saturated carbocycles. The van der Waals surface area contributed by atoms with Crippen molar-refractivity contribution in [1.29, 1.82) is 0 Å². The summed E-state index contributed by atoms with van der Waals surface area (Å²) in [6.45, 7) is 0. The van der Waals surface area contributed by atoms with Crippen LogP contribution in [0.2, 0.25) is 0 Å². The molecular formula is NNaO4S. The summed E-state index contributed by atoms with van der Waals surface area (Å²) in [4.78, 5) is 8.68. The van der Waals surface area contributed by atoms with E-state index in [1.54, 1.807) is 0 Å². The average molecular weight is 133 g/mol. The van der Waals surface area contributed by atoms with E-state index >= 15 is 0 Å². The molecule has 0 spiro atoms. The monoisotopic (exact) mass is 133 g/mol. The molecule has 0 amide bonds. The fourth-order valence-corrected chi connectivity index (χ4v) is 0. The van der Waals surface area contributed by atoms with Crippen molar-refractivity contribution in [1.82, 2.24) is 0 Å². The predicted molar refractivity (Wildman–Crippen MR) is 15.5 cm³/mol. The van der Waals surface area contributed by atoms with Gasteiger partial charge in [0.2, 0.25) is 10.3 Å². The van der Waals surface area contributed by atoms with Crippen molar-refractivity contribution >= 4 is 10.3 Å². The van der Waals surface area contributed by atoms with Gasteiger partial charge in [0.25, 0.3) is 0 Å². The van der Waals surface area contributed by atoms with Crippen molar-refractivity contribution in [2.24, 2.45) is 4.58 Å². The fraction of sp³-hybridized carbons (Fsp3) is 0. The van der Waals surface area contributed by atoms with Crippen LogP contribution in [-0.2, 0) is 10.3 Å². The van der Waals surface area contributed by atoms with Crippen molar-refractivity contribution in [3.8, 4) is 0 Å². The molecule has 0 aliphatic carbocycles. The second-order valence-electron chi connectivity index (χ2n) is 0.502. The van der Waals surface area contributed by atoms with Crippen molar-refractivity contribution in [2.75, 3.05) is 0 Å². The summed E-state index contributed by atoms with van der Waals surface area (Å²) < 4.78 is 28.1. The van der Waals surface area contributed by atoms with Crippen LogP contribution in [0.4, 0.5) is 0 Å². The average Bonchev–Trinajstić information content (AvgIpc) is 1.35. The second kappa shape index (κ2) is 3.50. The first-order valence-electron chi connectivity index (χ1n) is 0.865. The second-order valence-corrected chi connectivity index (χ2v) is 1.51. The zero-order valence-corrected chi connectivity index (χ0v) is 6.30. The van der Waals surface area contributed by atoms with Gasteiger partial charge in [0.15, 0.2) is 0 Å². The van der Waals surface area contributed by atoms with Crippen LogP contribution >= 0.6 is 0 Å². The number of hydrogen-bond acceptors (Lipinski definition) is 4. The zero-order valence-electron chi connectivity index (χ0n) is 3.49. The maximum atomic E-state index is 8.97. The van der Waals surface area contributed by atoms with Gasteiger partial charge in [-0.15, -0.1) is 4.91 Å². The van der Waals surface area contributed by atoms with Gasteiger partial charge in [-0.1, -0.05) is 0 Å². The van der Waals surface area contributed by atoms with E-state index in [1.807, 2.05) is 0 Å². The predicted octanol–water partition coefficient (Wildman–Crippen LogP) is -3.78. The molecule has 0 aromatic rings. The molecule has 0 saturated heterocycles. The first-order valence-corrected chi connectivity index (χ1v) is 2.23. The molecule has 0 aliphatic rings. The number of nitrogens with zero attached hydrogens (tertiary/aromatic N) is 1. The maximum absolute atomic E-state index is 8.97. The molecule has 0 radical (unpaired) electrons. The van der Waals surface area contributed by atoms with Crippen LogP contribution in [0.5, 0.6) is 0 Å². The Morgan fingerprint density at radius 3 is 1.57 bits per heavy atom. The molecule has 0 aromatic heterocycles. The zero-order chi connectivity index (χ0) is 5.21. The van der Waals surface area contributed by atoms with Crippen molar-refractivity contribution in [2.45, 2.75) is 0 Å². The Bertz CT molecular complexity index is 122. The minimum Gasteiger partial charge on any atom is -0.727 e. The van der Waals surface area contributed by atoms with Crippen LogP contribution in [0.1, 0.15) is 0 Å². The van der Waals surface area contributed by atoms with Gasteiger partial charge in [-0.2, -0.15) is 0 Å². The van der Waals surface area contributed by atoms with E-state index in [-0.39, 0.29) is 29.6 Å². The summed E-state index contributed by atoms with van der Waals surface area (Å²) in [5.74, 6) is 0. The first-order chi connectivity index (χ1) is 2.56. The molecule has 0 aliphatic heterocycles. The third-order valence-corrected chi connectivity index (χ3v) is 0.274. The molecule has 0 aromatic carbocycles. The smallest absolute Gasteiger partial charge is 0.727 e. The van der Waals surface area contributed by atoms with Crippen LogP contribution in [0.3, 0.4) is 0 Å². The SMILES string of the molecule is O=NS(=O)(=O)[O-].[Na+]. The van der Waals surface area contributed by atoms with Crippen LogP contribution in [0.25, 0.3) is 0 Å². The van der Waals surface area contributed by atoms with Gasteiger partial charge in [0, 0.05) is 0 Å². The Kier molecular flexibility index (Phi) is 5.25. The molecule has 0 unspecified atom stereocenters. The maximum Gasteiger partial charge on any atom is 1.00 e. The number of nitroso groups, excluding NO2 is 1. The standard InChI is InChI=1S/HNO4S.Na/c2-1-6(3,4)5;/h(H,3,4,5);/q;+1/p-1. The minimum atomic E-state index is -4.84. The topological polar surface area (TPSA) is 86.6 Å². The molecule has 7 heteroatoms. The molecule has 5 nitrogen and oxygen atoms in total. The van der Waals surface area contributed by atoms with Crippen LogP contribution in [0.15, 0.2) is 4.58 Å². The van der Waals surface area contributed by atoms with Gasteiger partial charge in [0.05, 0.1) is 4.58 Å². The Morgan fingerprint density at radius 1 is 1.43 bits per heavy atom. The molecular weight excluding hydrogens is 133 g/mol. The molecule has 0 N–H and O–H groups in total. The van der Waals surface area contributed by atoms with Gasteiger partial charge in [-0.05, 0) is 0 Å². The van der Waals surface area contributed by atoms with E-state index in [2.05, 4.69) is 0 Å². The van der Waals surface area contributed by atoms with Crippen LogP contribution < -0.4 is 29.6 Å². The Labute approximate surface area is 62.2 Å². The Hall–Kier alpha value is 0.510. The third kappa shape index (κ3) is 10.7. The van der Waals surface area contributed by atoms with E-state index in [1.165, 1.54) is 4.58 Å². The normalized spacial score (nSPS) is 9.29.